The van der Waals surface area contributed by atoms with Crippen molar-refractivity contribution in [2.75, 3.05) is 5.73 Å². The summed E-state index contributed by atoms with van der Waals surface area (Å²) in [5.41, 5.74) is 7.85. The second-order valence-electron chi connectivity index (χ2n) is 5.05. The minimum atomic E-state index is -0.103. The largest absolute Gasteiger partial charge is 0.384 e. The molecule has 0 unspecified atom stereocenters. The normalized spacial score (nSPS) is 11.8. The van der Waals surface area contributed by atoms with Crippen molar-refractivity contribution in [3.05, 3.63) is 34.8 Å². The zero-order valence-electron chi connectivity index (χ0n) is 10.2. The van der Waals surface area contributed by atoms with Crippen molar-refractivity contribution >= 4 is 21.7 Å². The van der Waals surface area contributed by atoms with E-state index >= 15 is 0 Å². The molecule has 0 atom stereocenters. The van der Waals surface area contributed by atoms with Crippen molar-refractivity contribution in [2.45, 2.75) is 26.3 Å². The van der Waals surface area contributed by atoms with E-state index in [0.29, 0.717) is 5.82 Å². The van der Waals surface area contributed by atoms with Gasteiger partial charge in [0, 0.05) is 16.1 Å². The van der Waals surface area contributed by atoms with Gasteiger partial charge in [0.2, 0.25) is 0 Å². The summed E-state index contributed by atoms with van der Waals surface area (Å²) in [6.07, 6.45) is 0. The van der Waals surface area contributed by atoms with Gasteiger partial charge in [-0.2, -0.15) is 5.10 Å². The van der Waals surface area contributed by atoms with E-state index in [9.17, 15) is 0 Å². The lowest BCUT2D eigenvalue weighted by atomic mass is 10.1. The average molecular weight is 294 g/mol. The maximum atomic E-state index is 5.99. The van der Waals surface area contributed by atoms with Crippen molar-refractivity contribution in [3.63, 3.8) is 0 Å². The van der Waals surface area contributed by atoms with E-state index in [1.54, 1.807) is 0 Å². The molecule has 0 aliphatic heterocycles. The van der Waals surface area contributed by atoms with E-state index in [1.165, 1.54) is 0 Å². The number of halogens is 1. The Hall–Kier alpha value is -1.29. The van der Waals surface area contributed by atoms with Gasteiger partial charge in [-0.1, -0.05) is 28.1 Å². The van der Waals surface area contributed by atoms with Crippen LogP contribution in [0.3, 0.4) is 0 Å². The van der Waals surface area contributed by atoms with Crippen LogP contribution in [0.2, 0.25) is 0 Å². The topological polar surface area (TPSA) is 43.8 Å². The lowest BCUT2D eigenvalue weighted by Crippen LogP contribution is -2.24. The van der Waals surface area contributed by atoms with Crippen LogP contribution in [0.4, 0.5) is 5.82 Å². The van der Waals surface area contributed by atoms with Crippen LogP contribution in [0.5, 0.6) is 0 Å². The van der Waals surface area contributed by atoms with E-state index in [4.69, 9.17) is 5.73 Å². The highest BCUT2D eigenvalue weighted by molar-refractivity contribution is 9.10. The Kier molecular flexibility index (Phi) is 3.00. The minimum absolute atomic E-state index is 0.103. The molecule has 0 saturated carbocycles. The number of nitrogen functional groups attached to an aromatic ring is 1. The Morgan fingerprint density at radius 3 is 2.47 bits per heavy atom. The van der Waals surface area contributed by atoms with E-state index < -0.39 is 0 Å². The molecule has 3 nitrogen and oxygen atoms in total. The van der Waals surface area contributed by atoms with Crippen LogP contribution in [-0.2, 0) is 5.54 Å². The van der Waals surface area contributed by atoms with E-state index in [0.717, 1.165) is 15.7 Å². The van der Waals surface area contributed by atoms with Crippen LogP contribution in [-0.4, -0.2) is 9.78 Å². The lowest BCUT2D eigenvalue weighted by molar-refractivity contribution is 0.362. The van der Waals surface area contributed by atoms with Gasteiger partial charge in [0.15, 0.2) is 0 Å². The van der Waals surface area contributed by atoms with Gasteiger partial charge in [-0.15, -0.1) is 0 Å². The first-order chi connectivity index (χ1) is 7.88. The number of anilines is 1. The van der Waals surface area contributed by atoms with Gasteiger partial charge in [-0.25, -0.2) is 4.68 Å². The monoisotopic (exact) mass is 293 g/mol. The molecule has 0 aliphatic rings. The third kappa shape index (κ3) is 2.52. The van der Waals surface area contributed by atoms with Crippen molar-refractivity contribution in [3.8, 4) is 11.3 Å². The summed E-state index contributed by atoms with van der Waals surface area (Å²) < 4.78 is 2.89. The van der Waals surface area contributed by atoms with Gasteiger partial charge < -0.3 is 5.73 Å². The van der Waals surface area contributed by atoms with Crippen molar-refractivity contribution < 1.29 is 0 Å². The van der Waals surface area contributed by atoms with Crippen LogP contribution in [0.1, 0.15) is 20.8 Å². The molecule has 0 saturated heterocycles. The van der Waals surface area contributed by atoms with Gasteiger partial charge in [-0.05, 0) is 32.9 Å². The van der Waals surface area contributed by atoms with E-state index in [2.05, 4.69) is 41.8 Å². The SMILES string of the molecule is CC(C)(C)n1nc(-c2cccc(Br)c2)cc1N. The zero-order valence-corrected chi connectivity index (χ0v) is 11.8. The van der Waals surface area contributed by atoms with Crippen molar-refractivity contribution in [1.82, 2.24) is 9.78 Å². The maximum Gasteiger partial charge on any atom is 0.122 e. The molecule has 0 radical (unpaired) electrons. The molecular weight excluding hydrogens is 278 g/mol. The third-order valence-corrected chi connectivity index (χ3v) is 2.99. The maximum absolute atomic E-state index is 5.99. The molecule has 90 valence electrons. The highest BCUT2D eigenvalue weighted by Gasteiger charge is 2.18. The minimum Gasteiger partial charge on any atom is -0.384 e. The van der Waals surface area contributed by atoms with Crippen LogP contribution in [0.25, 0.3) is 11.3 Å². The molecule has 0 aliphatic carbocycles. The van der Waals surface area contributed by atoms with E-state index in [-0.39, 0.29) is 5.54 Å². The molecule has 0 bridgehead atoms. The molecule has 17 heavy (non-hydrogen) atoms. The molecule has 1 heterocycles. The Morgan fingerprint density at radius 2 is 1.94 bits per heavy atom. The number of hydrogen-bond acceptors (Lipinski definition) is 2. The number of benzene rings is 1. The second-order valence-corrected chi connectivity index (χ2v) is 5.96. The highest BCUT2D eigenvalue weighted by atomic mass is 79.9. The summed E-state index contributed by atoms with van der Waals surface area (Å²) in [5.74, 6) is 0.687. The standard InChI is InChI=1S/C13H16BrN3/c1-13(2,3)17-12(15)8-11(16-17)9-5-4-6-10(14)7-9/h4-8H,15H2,1-3H3. The van der Waals surface area contributed by atoms with Gasteiger partial charge >= 0.3 is 0 Å². The quantitative estimate of drug-likeness (QED) is 0.872. The summed E-state index contributed by atoms with van der Waals surface area (Å²) in [7, 11) is 0. The molecule has 0 fully saturated rings. The molecule has 1 aromatic heterocycles. The second kappa shape index (κ2) is 4.18. The fourth-order valence-corrected chi connectivity index (χ4v) is 2.12. The van der Waals surface area contributed by atoms with Gasteiger partial charge in [-0.3, -0.25) is 0 Å². The molecule has 4 heteroatoms. The van der Waals surface area contributed by atoms with Crippen LogP contribution >= 0.6 is 15.9 Å². The summed E-state index contributed by atoms with van der Waals surface area (Å²) in [5, 5.41) is 4.56. The number of rotatable bonds is 1. The number of aromatic nitrogens is 2. The van der Waals surface area contributed by atoms with Crippen molar-refractivity contribution in [2.24, 2.45) is 0 Å². The summed E-state index contributed by atoms with van der Waals surface area (Å²) in [4.78, 5) is 0. The summed E-state index contributed by atoms with van der Waals surface area (Å²) in [6.45, 7) is 6.25. The predicted molar refractivity (Wildman–Crippen MR) is 74.8 cm³/mol. The molecule has 1 aromatic carbocycles. The molecule has 0 spiro atoms. The van der Waals surface area contributed by atoms with Crippen molar-refractivity contribution in [1.29, 1.82) is 0 Å². The highest BCUT2D eigenvalue weighted by Crippen LogP contribution is 2.26. The Labute approximate surface area is 110 Å². The number of hydrogen-bond donors (Lipinski definition) is 1. The molecular formula is C13H16BrN3. The Morgan fingerprint density at radius 1 is 1.24 bits per heavy atom. The third-order valence-electron chi connectivity index (χ3n) is 2.49. The zero-order chi connectivity index (χ0) is 12.6. The van der Waals surface area contributed by atoms with Gasteiger partial charge in [0.25, 0.3) is 0 Å². The van der Waals surface area contributed by atoms with Gasteiger partial charge in [0.05, 0.1) is 11.2 Å². The lowest BCUT2D eigenvalue weighted by Gasteiger charge is -2.20. The van der Waals surface area contributed by atoms with Crippen LogP contribution in [0.15, 0.2) is 34.8 Å². The molecule has 2 rings (SSSR count). The first-order valence-corrected chi connectivity index (χ1v) is 6.29. The molecule has 2 aromatic rings. The Bertz CT molecular complexity index is 538. The van der Waals surface area contributed by atoms with Crippen LogP contribution < -0.4 is 5.73 Å². The van der Waals surface area contributed by atoms with Crippen LogP contribution in [0, 0.1) is 0 Å². The predicted octanol–water partition coefficient (Wildman–Crippen LogP) is 3.65. The fraction of sp³-hybridized carbons (Fsp3) is 0.308. The summed E-state index contributed by atoms with van der Waals surface area (Å²) >= 11 is 3.46. The molecule has 0 amide bonds. The molecule has 2 N–H and O–H groups in total. The fourth-order valence-electron chi connectivity index (χ4n) is 1.72. The average Bonchev–Trinajstić information content (AvgIpc) is 2.60. The Balaban J connectivity index is 2.49. The number of nitrogens with zero attached hydrogens (tertiary/aromatic N) is 2. The summed E-state index contributed by atoms with van der Waals surface area (Å²) in [6, 6.07) is 9.96. The van der Waals surface area contributed by atoms with Gasteiger partial charge in [0.1, 0.15) is 5.82 Å². The van der Waals surface area contributed by atoms with E-state index in [1.807, 2.05) is 35.0 Å². The number of nitrogens with two attached hydrogens (primary N) is 1. The smallest absolute Gasteiger partial charge is 0.122 e. The first-order valence-electron chi connectivity index (χ1n) is 5.50. The first kappa shape index (κ1) is 12.2.